The first-order chi connectivity index (χ1) is 14.7. The van der Waals surface area contributed by atoms with E-state index in [0.717, 1.165) is 11.1 Å². The molecule has 3 rings (SSSR count). The molecule has 10 heteroatoms. The molecule has 0 fully saturated rings. The molecule has 1 unspecified atom stereocenters. The van der Waals surface area contributed by atoms with Gasteiger partial charge in [-0.3, -0.25) is 4.79 Å². The highest BCUT2D eigenvalue weighted by molar-refractivity contribution is 5.96. The molecule has 0 saturated carbocycles. The van der Waals surface area contributed by atoms with Crippen LogP contribution in [0, 0.1) is 6.92 Å². The molecular weight excluding hydrogens is 413 g/mol. The molecule has 1 heterocycles. The molecule has 0 spiro atoms. The minimum Gasteiger partial charge on any atom is -0.391 e. The topological polar surface area (TPSA) is 89.6 Å². The van der Waals surface area contributed by atoms with Crippen molar-refractivity contribution in [2.24, 2.45) is 5.16 Å². The Hall–Kier alpha value is -3.69. The minimum absolute atomic E-state index is 0.217. The fourth-order valence-electron chi connectivity index (χ4n) is 2.48. The Kier molecular flexibility index (Phi) is 6.68. The van der Waals surface area contributed by atoms with Crippen LogP contribution in [0.25, 0.3) is 11.4 Å². The second kappa shape index (κ2) is 9.41. The lowest BCUT2D eigenvalue weighted by molar-refractivity contribution is -0.159. The number of carbonyl (C=O) groups is 1. The SMILES string of the molecule is Cc1ccc(CO/N=C\C(C)NC(=O)c2ccc(-c3noc(C(F)(F)F)n3)cc2)cc1. The zero-order valence-electron chi connectivity index (χ0n) is 16.7. The van der Waals surface area contributed by atoms with Crippen LogP contribution in [-0.4, -0.2) is 28.3 Å². The summed E-state index contributed by atoms with van der Waals surface area (Å²) < 4.78 is 41.9. The number of amides is 1. The predicted octanol–water partition coefficient (Wildman–Crippen LogP) is 4.38. The third-order valence-corrected chi connectivity index (χ3v) is 4.14. The zero-order chi connectivity index (χ0) is 22.4. The van der Waals surface area contributed by atoms with Crippen LogP contribution in [-0.2, 0) is 17.6 Å². The maximum absolute atomic E-state index is 12.6. The molecule has 7 nitrogen and oxygen atoms in total. The van der Waals surface area contributed by atoms with Crippen LogP contribution in [0.4, 0.5) is 13.2 Å². The number of aryl methyl sites for hydroxylation is 1. The first kappa shape index (κ1) is 22.0. The molecule has 0 saturated heterocycles. The number of halogens is 3. The monoisotopic (exact) mass is 432 g/mol. The summed E-state index contributed by atoms with van der Waals surface area (Å²) in [6.45, 7) is 4.03. The average Bonchev–Trinajstić information content (AvgIpc) is 3.23. The molecule has 0 bridgehead atoms. The van der Waals surface area contributed by atoms with E-state index in [2.05, 4.69) is 25.1 Å². The summed E-state index contributed by atoms with van der Waals surface area (Å²) in [5.41, 5.74) is 2.72. The standard InChI is InChI=1S/C21H19F3N4O3/c1-13-3-5-15(6-4-13)12-30-25-11-14(2)26-19(29)17-9-7-16(8-10-17)18-27-20(31-28-18)21(22,23)24/h3-11,14H,12H2,1-2H3,(H,26,29)/b25-11-. The molecule has 1 N–H and O–H groups in total. The van der Waals surface area contributed by atoms with Crippen molar-refractivity contribution in [3.05, 3.63) is 71.1 Å². The number of hydrogen-bond donors (Lipinski definition) is 1. The number of nitrogens with one attached hydrogen (secondary N) is 1. The van der Waals surface area contributed by atoms with E-state index in [4.69, 9.17) is 4.84 Å². The molecule has 0 aliphatic heterocycles. The zero-order valence-corrected chi connectivity index (χ0v) is 16.7. The summed E-state index contributed by atoms with van der Waals surface area (Å²) in [7, 11) is 0. The van der Waals surface area contributed by atoms with Crippen LogP contribution in [0.15, 0.2) is 58.2 Å². The van der Waals surface area contributed by atoms with Gasteiger partial charge in [0.25, 0.3) is 5.91 Å². The van der Waals surface area contributed by atoms with Crippen molar-refractivity contribution >= 4 is 12.1 Å². The van der Waals surface area contributed by atoms with Gasteiger partial charge >= 0.3 is 12.1 Å². The molecule has 1 aromatic heterocycles. The Labute approximate surface area is 175 Å². The van der Waals surface area contributed by atoms with Gasteiger partial charge in [0, 0.05) is 11.1 Å². The van der Waals surface area contributed by atoms with E-state index in [0.29, 0.717) is 12.2 Å². The lowest BCUT2D eigenvalue weighted by Crippen LogP contribution is -2.33. The summed E-state index contributed by atoms with van der Waals surface area (Å²) >= 11 is 0. The molecule has 3 aromatic rings. The van der Waals surface area contributed by atoms with Gasteiger partial charge in [-0.25, -0.2) is 0 Å². The fraction of sp³-hybridized carbons (Fsp3) is 0.238. The van der Waals surface area contributed by atoms with E-state index in [1.807, 2.05) is 31.2 Å². The summed E-state index contributed by atoms with van der Waals surface area (Å²) in [6, 6.07) is 13.2. The largest absolute Gasteiger partial charge is 0.471 e. The van der Waals surface area contributed by atoms with Crippen molar-refractivity contribution in [1.82, 2.24) is 15.5 Å². The Morgan fingerprint density at radius 2 is 1.87 bits per heavy atom. The van der Waals surface area contributed by atoms with Crippen LogP contribution >= 0.6 is 0 Å². The Bertz CT molecular complexity index is 1040. The maximum Gasteiger partial charge on any atom is 0.471 e. The first-order valence-electron chi connectivity index (χ1n) is 9.25. The second-order valence-corrected chi connectivity index (χ2v) is 6.77. The lowest BCUT2D eigenvalue weighted by Gasteiger charge is -2.09. The van der Waals surface area contributed by atoms with Crippen molar-refractivity contribution in [2.75, 3.05) is 0 Å². The van der Waals surface area contributed by atoms with Gasteiger partial charge in [0.05, 0.1) is 12.3 Å². The number of benzene rings is 2. The number of hydrogen-bond acceptors (Lipinski definition) is 6. The normalized spacial score (nSPS) is 12.7. The molecule has 31 heavy (non-hydrogen) atoms. The smallest absolute Gasteiger partial charge is 0.391 e. The van der Waals surface area contributed by atoms with Gasteiger partial charge < -0.3 is 14.7 Å². The van der Waals surface area contributed by atoms with Crippen LogP contribution in [0.2, 0.25) is 0 Å². The van der Waals surface area contributed by atoms with Crippen LogP contribution in [0.5, 0.6) is 0 Å². The molecule has 2 aromatic carbocycles. The van der Waals surface area contributed by atoms with Gasteiger partial charge in [-0.1, -0.05) is 52.3 Å². The third kappa shape index (κ3) is 6.14. The van der Waals surface area contributed by atoms with Crippen molar-refractivity contribution in [3.8, 4) is 11.4 Å². The maximum atomic E-state index is 12.6. The van der Waals surface area contributed by atoms with Crippen LogP contribution in [0.1, 0.15) is 34.3 Å². The molecule has 162 valence electrons. The molecule has 0 aliphatic carbocycles. The van der Waals surface area contributed by atoms with Crippen molar-refractivity contribution in [2.45, 2.75) is 32.7 Å². The van der Waals surface area contributed by atoms with E-state index in [1.54, 1.807) is 6.92 Å². The molecule has 1 atom stereocenters. The summed E-state index contributed by atoms with van der Waals surface area (Å²) in [6.07, 6.45) is -3.26. The Balaban J connectivity index is 1.51. The molecule has 0 aliphatic rings. The summed E-state index contributed by atoms with van der Waals surface area (Å²) in [5, 5.41) is 9.88. The van der Waals surface area contributed by atoms with Gasteiger partial charge in [-0.15, -0.1) is 0 Å². The first-order valence-corrected chi connectivity index (χ1v) is 9.25. The van der Waals surface area contributed by atoms with Crippen LogP contribution < -0.4 is 5.32 Å². The molecule has 1 amide bonds. The van der Waals surface area contributed by atoms with E-state index in [1.165, 1.54) is 30.5 Å². The number of carbonyl (C=O) groups excluding carboxylic acids is 1. The number of oxime groups is 1. The van der Waals surface area contributed by atoms with Gasteiger partial charge in [0.15, 0.2) is 0 Å². The van der Waals surface area contributed by atoms with Crippen molar-refractivity contribution in [3.63, 3.8) is 0 Å². The highest BCUT2D eigenvalue weighted by atomic mass is 19.4. The third-order valence-electron chi connectivity index (χ3n) is 4.14. The van der Waals surface area contributed by atoms with E-state index in [9.17, 15) is 18.0 Å². The highest BCUT2D eigenvalue weighted by Gasteiger charge is 2.38. The molecular formula is C21H19F3N4O3. The summed E-state index contributed by atoms with van der Waals surface area (Å²) in [5.74, 6) is -2.03. The van der Waals surface area contributed by atoms with E-state index < -0.39 is 18.1 Å². The molecule has 0 radical (unpaired) electrons. The number of alkyl halides is 3. The van der Waals surface area contributed by atoms with Gasteiger partial charge in [0.2, 0.25) is 5.82 Å². The number of aromatic nitrogens is 2. The average molecular weight is 432 g/mol. The minimum atomic E-state index is -4.72. The van der Waals surface area contributed by atoms with Gasteiger partial charge in [-0.2, -0.15) is 18.2 Å². The van der Waals surface area contributed by atoms with Gasteiger partial charge in [0.1, 0.15) is 6.61 Å². The van der Waals surface area contributed by atoms with E-state index >= 15 is 0 Å². The quantitative estimate of drug-likeness (QED) is 0.442. The number of rotatable bonds is 7. The van der Waals surface area contributed by atoms with Crippen LogP contribution in [0.3, 0.4) is 0 Å². The number of nitrogens with zero attached hydrogens (tertiary/aromatic N) is 3. The van der Waals surface area contributed by atoms with Crippen molar-refractivity contribution < 1.29 is 27.3 Å². The fourth-order valence-corrected chi connectivity index (χ4v) is 2.48. The summed E-state index contributed by atoms with van der Waals surface area (Å²) in [4.78, 5) is 20.8. The Morgan fingerprint density at radius 3 is 2.48 bits per heavy atom. The second-order valence-electron chi connectivity index (χ2n) is 6.77. The highest BCUT2D eigenvalue weighted by Crippen LogP contribution is 2.29. The van der Waals surface area contributed by atoms with E-state index in [-0.39, 0.29) is 17.3 Å². The lowest BCUT2D eigenvalue weighted by atomic mass is 10.1. The predicted molar refractivity (Wildman–Crippen MR) is 106 cm³/mol. The Morgan fingerprint density at radius 1 is 1.19 bits per heavy atom. The van der Waals surface area contributed by atoms with Crippen molar-refractivity contribution in [1.29, 1.82) is 0 Å². The van der Waals surface area contributed by atoms with Gasteiger partial charge in [-0.05, 0) is 31.5 Å².